The van der Waals surface area contributed by atoms with Gasteiger partial charge in [0, 0.05) is 36.5 Å². The minimum Gasteiger partial charge on any atom is -0.369 e. The molecule has 148 valence electrons. The molecule has 0 atom stereocenters. The number of halogens is 2. The molecule has 8 heteroatoms. The Morgan fingerprint density at radius 3 is 2.93 bits per heavy atom. The van der Waals surface area contributed by atoms with Crippen molar-refractivity contribution < 1.29 is 8.78 Å². The number of hydrogen-bond acceptors (Lipinski definition) is 6. The van der Waals surface area contributed by atoms with Gasteiger partial charge in [0.2, 0.25) is 5.95 Å². The molecule has 3 heterocycles. The van der Waals surface area contributed by atoms with Crippen LogP contribution >= 0.6 is 11.3 Å². The topological polar surface area (TPSA) is 67.1 Å². The van der Waals surface area contributed by atoms with E-state index >= 15 is 0 Å². The molecule has 0 spiro atoms. The molecule has 2 aromatic heterocycles. The van der Waals surface area contributed by atoms with Crippen molar-refractivity contribution in [3.05, 3.63) is 46.3 Å². The normalized spacial score (nSPS) is 16.1. The summed E-state index contributed by atoms with van der Waals surface area (Å²) < 4.78 is 30.2. The number of rotatable bonds is 5. The average Bonchev–Trinajstić information content (AvgIpc) is 2.99. The summed E-state index contributed by atoms with van der Waals surface area (Å²) in [6, 6.07) is 8.75. The van der Waals surface area contributed by atoms with Crippen molar-refractivity contribution in [2.75, 3.05) is 29.9 Å². The van der Waals surface area contributed by atoms with Crippen molar-refractivity contribution in [1.82, 2.24) is 9.97 Å². The van der Waals surface area contributed by atoms with E-state index in [9.17, 15) is 8.78 Å². The first-order valence-electron chi connectivity index (χ1n) is 9.41. The molecule has 0 unspecified atom stereocenters. The lowest BCUT2D eigenvalue weighted by molar-refractivity contribution is -0.00969. The van der Waals surface area contributed by atoms with Crippen molar-refractivity contribution in [2.24, 2.45) is 5.73 Å². The molecule has 0 amide bonds. The first kappa shape index (κ1) is 19.0. The van der Waals surface area contributed by atoms with Crippen LogP contribution in [0.4, 0.5) is 20.5 Å². The Balaban J connectivity index is 1.72. The Bertz CT molecular complexity index is 988. The maximum Gasteiger partial charge on any atom is 0.275 e. The van der Waals surface area contributed by atoms with Crippen LogP contribution in [-0.4, -0.2) is 29.6 Å². The third kappa shape index (κ3) is 3.66. The van der Waals surface area contributed by atoms with Crippen LogP contribution in [0.1, 0.15) is 28.8 Å². The summed E-state index contributed by atoms with van der Waals surface area (Å²) in [7, 11) is 0. The highest BCUT2D eigenvalue weighted by atomic mass is 32.1. The van der Waals surface area contributed by atoms with Gasteiger partial charge in [-0.05, 0) is 31.5 Å². The number of hydrogen-bond donors (Lipinski definition) is 2. The smallest absolute Gasteiger partial charge is 0.275 e. The van der Waals surface area contributed by atoms with Gasteiger partial charge in [-0.2, -0.15) is 4.98 Å². The van der Waals surface area contributed by atoms with Gasteiger partial charge in [0.1, 0.15) is 5.82 Å². The van der Waals surface area contributed by atoms with Gasteiger partial charge in [0.25, 0.3) is 5.92 Å². The number of aryl methyl sites for hydroxylation is 1. The van der Waals surface area contributed by atoms with Crippen molar-refractivity contribution >= 4 is 33.3 Å². The molecule has 0 bridgehead atoms. The zero-order valence-electron chi connectivity index (χ0n) is 15.7. The minimum absolute atomic E-state index is 0.103. The van der Waals surface area contributed by atoms with Crippen molar-refractivity contribution in [3.63, 3.8) is 0 Å². The van der Waals surface area contributed by atoms with Crippen molar-refractivity contribution in [3.8, 4) is 0 Å². The summed E-state index contributed by atoms with van der Waals surface area (Å²) in [4.78, 5) is 12.4. The molecular weight excluding hydrogens is 380 g/mol. The molecule has 3 N–H and O–H groups in total. The van der Waals surface area contributed by atoms with E-state index in [0.717, 1.165) is 27.3 Å². The summed E-state index contributed by atoms with van der Waals surface area (Å²) in [5.74, 6) is -1.62. The second-order valence-electron chi connectivity index (χ2n) is 7.05. The van der Waals surface area contributed by atoms with Crippen LogP contribution in [0.5, 0.6) is 0 Å². The van der Waals surface area contributed by atoms with E-state index in [1.54, 1.807) is 29.5 Å². The van der Waals surface area contributed by atoms with E-state index < -0.39 is 5.92 Å². The van der Waals surface area contributed by atoms with Crippen LogP contribution < -0.4 is 16.0 Å². The van der Waals surface area contributed by atoms with Gasteiger partial charge >= 0.3 is 0 Å². The number of nitrogens with one attached hydrogen (secondary N) is 1. The van der Waals surface area contributed by atoms with Crippen LogP contribution in [0.2, 0.25) is 0 Å². The third-order valence-corrected chi connectivity index (χ3v) is 5.95. The highest BCUT2D eigenvalue weighted by molar-refractivity contribution is 7.19. The molecule has 5 nitrogen and oxygen atoms in total. The number of aromatic nitrogens is 2. The van der Waals surface area contributed by atoms with Crippen LogP contribution in [0.3, 0.4) is 0 Å². The average molecular weight is 404 g/mol. The Hall–Kier alpha value is -2.32. The molecule has 0 saturated carbocycles. The number of nitrogens with zero attached hydrogens (tertiary/aromatic N) is 3. The van der Waals surface area contributed by atoms with Gasteiger partial charge in [0.05, 0.1) is 10.2 Å². The van der Waals surface area contributed by atoms with Crippen LogP contribution in [0.25, 0.3) is 10.2 Å². The van der Waals surface area contributed by atoms with E-state index in [1.807, 2.05) is 17.9 Å². The van der Waals surface area contributed by atoms with Gasteiger partial charge in [-0.25, -0.2) is 13.8 Å². The minimum atomic E-state index is -2.85. The Morgan fingerprint density at radius 1 is 1.29 bits per heavy atom. The quantitative estimate of drug-likeness (QED) is 0.623. The standard InChI is InChI=1S/C20H23F2N5S/c1-13-11-16-17(28-13)18(24-9-4-8-23)26-19(25-16)27-10-7-20(21,22)15-6-3-2-5-14(15)12-27/h2-3,5-6,11H,4,7-10,12,23H2,1H3,(H,24,25,26). The van der Waals surface area contributed by atoms with Gasteiger partial charge in [0.15, 0.2) is 0 Å². The van der Waals surface area contributed by atoms with E-state index in [-0.39, 0.29) is 18.5 Å². The molecule has 0 fully saturated rings. The maximum absolute atomic E-state index is 14.6. The Kier molecular flexibility index (Phi) is 5.16. The predicted molar refractivity (Wildman–Crippen MR) is 110 cm³/mol. The number of anilines is 2. The molecule has 1 aromatic carbocycles. The molecule has 3 aromatic rings. The second kappa shape index (κ2) is 7.60. The molecule has 4 rings (SSSR count). The zero-order chi connectivity index (χ0) is 19.7. The summed E-state index contributed by atoms with van der Waals surface area (Å²) in [5.41, 5.74) is 7.16. The van der Waals surface area contributed by atoms with E-state index in [2.05, 4.69) is 10.3 Å². The van der Waals surface area contributed by atoms with Crippen molar-refractivity contribution in [1.29, 1.82) is 0 Å². The molecular formula is C20H23F2N5S. The summed E-state index contributed by atoms with van der Waals surface area (Å²) in [6.07, 6.45) is 0.568. The Morgan fingerprint density at radius 2 is 2.11 bits per heavy atom. The fourth-order valence-electron chi connectivity index (χ4n) is 3.49. The highest BCUT2D eigenvalue weighted by Gasteiger charge is 2.37. The molecule has 28 heavy (non-hydrogen) atoms. The second-order valence-corrected chi connectivity index (χ2v) is 8.30. The molecule has 1 aliphatic heterocycles. The number of nitrogens with two attached hydrogens (primary N) is 1. The van der Waals surface area contributed by atoms with Gasteiger partial charge in [-0.15, -0.1) is 11.3 Å². The summed E-state index contributed by atoms with van der Waals surface area (Å²) >= 11 is 1.63. The first-order chi connectivity index (χ1) is 13.5. The molecule has 1 aliphatic rings. The van der Waals surface area contributed by atoms with Crippen molar-refractivity contribution in [2.45, 2.75) is 32.2 Å². The number of thiophene rings is 1. The molecule has 0 radical (unpaired) electrons. The predicted octanol–water partition coefficient (Wildman–Crippen LogP) is 4.26. The fourth-order valence-corrected chi connectivity index (χ4v) is 4.40. The van der Waals surface area contributed by atoms with Crippen LogP contribution in [-0.2, 0) is 12.5 Å². The highest BCUT2D eigenvalue weighted by Crippen LogP contribution is 2.38. The van der Waals surface area contributed by atoms with Crippen LogP contribution in [0.15, 0.2) is 30.3 Å². The SMILES string of the molecule is Cc1cc2nc(N3CCC(F)(F)c4ccccc4C3)nc(NCCCN)c2s1. The molecule has 0 aliphatic carbocycles. The van der Waals surface area contributed by atoms with Gasteiger partial charge < -0.3 is 16.0 Å². The summed E-state index contributed by atoms with van der Waals surface area (Å²) in [5, 5.41) is 3.34. The first-order valence-corrected chi connectivity index (χ1v) is 10.2. The lowest BCUT2D eigenvalue weighted by Crippen LogP contribution is -2.26. The fraction of sp³-hybridized carbons (Fsp3) is 0.400. The molecule has 0 saturated heterocycles. The van der Waals surface area contributed by atoms with E-state index in [1.165, 1.54) is 6.07 Å². The number of fused-ring (bicyclic) bond motifs is 2. The van der Waals surface area contributed by atoms with Gasteiger partial charge in [-0.3, -0.25) is 0 Å². The van der Waals surface area contributed by atoms with E-state index in [4.69, 9.17) is 10.7 Å². The lowest BCUT2D eigenvalue weighted by atomic mass is 10.0. The summed E-state index contributed by atoms with van der Waals surface area (Å²) in [6.45, 7) is 3.88. The maximum atomic E-state index is 14.6. The largest absolute Gasteiger partial charge is 0.369 e. The van der Waals surface area contributed by atoms with Gasteiger partial charge in [-0.1, -0.05) is 24.3 Å². The number of alkyl halides is 2. The van der Waals surface area contributed by atoms with E-state index in [0.29, 0.717) is 31.1 Å². The lowest BCUT2D eigenvalue weighted by Gasteiger charge is -2.21. The van der Waals surface area contributed by atoms with Crippen LogP contribution in [0, 0.1) is 6.92 Å². The number of benzene rings is 1. The Labute approximate surface area is 166 Å². The third-order valence-electron chi connectivity index (χ3n) is 4.91. The zero-order valence-corrected chi connectivity index (χ0v) is 16.5. The monoisotopic (exact) mass is 403 g/mol.